The van der Waals surface area contributed by atoms with Gasteiger partial charge in [0.05, 0.1) is 19.8 Å². The molecule has 0 saturated heterocycles. The Balaban J connectivity index is 3.83. The van der Waals surface area contributed by atoms with Gasteiger partial charge in [0.25, 0.3) is 0 Å². The summed E-state index contributed by atoms with van der Waals surface area (Å²) in [6, 6.07) is 0. The normalized spacial score (nSPS) is 17.7. The molecule has 0 amide bonds. The van der Waals surface area contributed by atoms with Crippen LogP contribution < -0.4 is 0 Å². The van der Waals surface area contributed by atoms with Crippen molar-refractivity contribution >= 4 is 7.82 Å². The molecule has 6 nitrogen and oxygen atoms in total. The van der Waals surface area contributed by atoms with E-state index < -0.39 is 7.82 Å². The molecule has 0 aliphatic heterocycles. The van der Waals surface area contributed by atoms with Crippen molar-refractivity contribution in [1.82, 2.24) is 0 Å². The maximum Gasteiger partial charge on any atom is 0.472 e. The predicted molar refractivity (Wildman–Crippen MR) is 50.1 cm³/mol. The Morgan fingerprint density at radius 3 is 2.36 bits per heavy atom. The van der Waals surface area contributed by atoms with Crippen molar-refractivity contribution in [3.05, 3.63) is 0 Å². The molecule has 0 rings (SSSR count). The van der Waals surface area contributed by atoms with E-state index in [9.17, 15) is 4.57 Å². The molecule has 1 N–H and O–H groups in total. The summed E-state index contributed by atoms with van der Waals surface area (Å²) < 4.78 is 29.9. The van der Waals surface area contributed by atoms with Crippen LogP contribution in [0.15, 0.2) is 0 Å². The fraction of sp³-hybridized carbons (Fsp3) is 1.00. The molecule has 0 aromatic carbocycles. The Labute approximate surface area is 83.7 Å². The second kappa shape index (κ2) is 7.34. The fourth-order valence-electron chi connectivity index (χ4n) is 0.748. The van der Waals surface area contributed by atoms with Gasteiger partial charge in [-0.05, 0) is 6.92 Å². The summed E-state index contributed by atoms with van der Waals surface area (Å²) in [6.45, 7) is 1.98. The molecular formula is C7H17O6P. The number of rotatable bonds is 8. The van der Waals surface area contributed by atoms with Gasteiger partial charge < -0.3 is 14.4 Å². The summed E-state index contributed by atoms with van der Waals surface area (Å²) in [6.07, 6.45) is -0.374. The molecular weight excluding hydrogens is 211 g/mol. The Bertz CT molecular complexity index is 185. The molecule has 2 unspecified atom stereocenters. The van der Waals surface area contributed by atoms with Gasteiger partial charge >= 0.3 is 7.82 Å². The first kappa shape index (κ1) is 14.0. The first-order valence-electron chi connectivity index (χ1n) is 4.19. The minimum absolute atomic E-state index is 0.0435. The SMILES string of the molecule is CCOP(=O)(O)OCC(COC)OC. The minimum Gasteiger partial charge on any atom is -0.382 e. The minimum atomic E-state index is -3.92. The van der Waals surface area contributed by atoms with Gasteiger partial charge in [0.15, 0.2) is 0 Å². The molecule has 0 bridgehead atoms. The monoisotopic (exact) mass is 228 g/mol. The molecule has 14 heavy (non-hydrogen) atoms. The molecule has 2 atom stereocenters. The summed E-state index contributed by atoms with van der Waals surface area (Å²) in [7, 11) is -0.943. The Kier molecular flexibility index (Phi) is 7.35. The molecule has 0 radical (unpaired) electrons. The zero-order valence-corrected chi connectivity index (χ0v) is 9.53. The summed E-state index contributed by atoms with van der Waals surface area (Å²) in [5.74, 6) is 0. The molecule has 0 saturated carbocycles. The summed E-state index contributed by atoms with van der Waals surface area (Å²) in [5, 5.41) is 0. The molecule has 0 aromatic heterocycles. The summed E-state index contributed by atoms with van der Waals surface area (Å²) >= 11 is 0. The van der Waals surface area contributed by atoms with Crippen LogP contribution in [0, 0.1) is 0 Å². The highest BCUT2D eigenvalue weighted by Crippen LogP contribution is 2.42. The fourth-order valence-corrected chi connectivity index (χ4v) is 1.50. The first-order valence-corrected chi connectivity index (χ1v) is 5.68. The lowest BCUT2D eigenvalue weighted by Crippen LogP contribution is -2.23. The topological polar surface area (TPSA) is 74.2 Å². The van der Waals surface area contributed by atoms with E-state index in [2.05, 4.69) is 9.05 Å². The average Bonchev–Trinajstić information content (AvgIpc) is 2.12. The Morgan fingerprint density at radius 1 is 1.29 bits per heavy atom. The van der Waals surface area contributed by atoms with E-state index >= 15 is 0 Å². The zero-order valence-electron chi connectivity index (χ0n) is 8.63. The van der Waals surface area contributed by atoms with Gasteiger partial charge in [0, 0.05) is 14.2 Å². The third kappa shape index (κ3) is 6.48. The van der Waals surface area contributed by atoms with E-state index in [1.165, 1.54) is 14.2 Å². The van der Waals surface area contributed by atoms with Gasteiger partial charge in [-0.3, -0.25) is 9.05 Å². The zero-order chi connectivity index (χ0) is 11.0. The number of hydrogen-bond acceptors (Lipinski definition) is 5. The highest BCUT2D eigenvalue weighted by Gasteiger charge is 2.22. The van der Waals surface area contributed by atoms with Crippen LogP contribution in [0.4, 0.5) is 0 Å². The van der Waals surface area contributed by atoms with Crippen molar-refractivity contribution in [2.45, 2.75) is 13.0 Å². The third-order valence-corrected chi connectivity index (χ3v) is 2.46. The van der Waals surface area contributed by atoms with Gasteiger partial charge in [-0.1, -0.05) is 0 Å². The standard InChI is InChI=1S/C7H17O6P/c1-4-12-14(8,9)13-6-7(11-3)5-10-2/h7H,4-6H2,1-3H3,(H,8,9). The molecule has 0 aliphatic rings. The first-order chi connectivity index (χ1) is 6.55. The van der Waals surface area contributed by atoms with Crippen molar-refractivity contribution in [2.75, 3.05) is 34.0 Å². The van der Waals surface area contributed by atoms with Crippen molar-refractivity contribution in [3.63, 3.8) is 0 Å². The van der Waals surface area contributed by atoms with Crippen molar-refractivity contribution < 1.29 is 28.0 Å². The van der Waals surface area contributed by atoms with Crippen LogP contribution in [0.2, 0.25) is 0 Å². The van der Waals surface area contributed by atoms with Gasteiger partial charge in [0.2, 0.25) is 0 Å². The predicted octanol–water partition coefficient (Wildman–Crippen LogP) is 0.801. The molecule has 7 heteroatoms. The van der Waals surface area contributed by atoms with E-state index in [4.69, 9.17) is 14.4 Å². The van der Waals surface area contributed by atoms with Crippen LogP contribution in [0.3, 0.4) is 0 Å². The van der Waals surface area contributed by atoms with Crippen LogP contribution in [0.25, 0.3) is 0 Å². The lowest BCUT2D eigenvalue weighted by molar-refractivity contribution is -0.00773. The maximum absolute atomic E-state index is 11.1. The van der Waals surface area contributed by atoms with Crippen molar-refractivity contribution in [3.8, 4) is 0 Å². The summed E-state index contributed by atoms with van der Waals surface area (Å²) in [4.78, 5) is 9.04. The number of phosphoric acid groups is 1. The van der Waals surface area contributed by atoms with Gasteiger partial charge in [-0.15, -0.1) is 0 Å². The quantitative estimate of drug-likeness (QED) is 0.619. The molecule has 0 spiro atoms. The molecule has 0 heterocycles. The van der Waals surface area contributed by atoms with Crippen LogP contribution in [-0.2, 0) is 23.1 Å². The largest absolute Gasteiger partial charge is 0.472 e. The molecule has 0 aromatic rings. The van der Waals surface area contributed by atoms with E-state index in [1.54, 1.807) is 6.92 Å². The molecule has 0 fully saturated rings. The van der Waals surface area contributed by atoms with Gasteiger partial charge in [0.1, 0.15) is 6.10 Å². The number of hydrogen-bond donors (Lipinski definition) is 1. The van der Waals surface area contributed by atoms with E-state index in [-0.39, 0.29) is 19.3 Å². The number of phosphoric ester groups is 1. The summed E-state index contributed by atoms with van der Waals surface area (Å²) in [5.41, 5.74) is 0. The number of methoxy groups -OCH3 is 2. The second-order valence-corrected chi connectivity index (χ2v) is 3.95. The van der Waals surface area contributed by atoms with E-state index in [1.807, 2.05) is 0 Å². The highest BCUT2D eigenvalue weighted by molar-refractivity contribution is 7.47. The van der Waals surface area contributed by atoms with Gasteiger partial charge in [-0.2, -0.15) is 0 Å². The third-order valence-electron chi connectivity index (χ3n) is 1.40. The Morgan fingerprint density at radius 2 is 1.93 bits per heavy atom. The van der Waals surface area contributed by atoms with E-state index in [0.717, 1.165) is 0 Å². The Hall–Kier alpha value is 0.0300. The second-order valence-electron chi connectivity index (χ2n) is 2.50. The average molecular weight is 228 g/mol. The van der Waals surface area contributed by atoms with Crippen molar-refractivity contribution in [1.29, 1.82) is 0 Å². The van der Waals surface area contributed by atoms with Crippen molar-refractivity contribution in [2.24, 2.45) is 0 Å². The van der Waals surface area contributed by atoms with Crippen LogP contribution in [-0.4, -0.2) is 45.0 Å². The maximum atomic E-state index is 11.1. The lowest BCUT2D eigenvalue weighted by Gasteiger charge is -2.16. The number of ether oxygens (including phenoxy) is 2. The highest BCUT2D eigenvalue weighted by atomic mass is 31.2. The van der Waals surface area contributed by atoms with Crippen LogP contribution in [0.1, 0.15) is 6.92 Å². The van der Waals surface area contributed by atoms with Crippen LogP contribution in [0.5, 0.6) is 0 Å². The van der Waals surface area contributed by atoms with Gasteiger partial charge in [-0.25, -0.2) is 4.57 Å². The van der Waals surface area contributed by atoms with Crippen LogP contribution >= 0.6 is 7.82 Å². The molecule has 0 aliphatic carbocycles. The van der Waals surface area contributed by atoms with E-state index in [0.29, 0.717) is 6.61 Å². The smallest absolute Gasteiger partial charge is 0.382 e. The lowest BCUT2D eigenvalue weighted by atomic mass is 10.4. The molecule has 86 valence electrons.